The molecular formula is C10H18N4. The average molecular weight is 194 g/mol. The highest BCUT2D eigenvalue weighted by Crippen LogP contribution is 2.16. The van der Waals surface area contributed by atoms with Crippen LogP contribution in [0.1, 0.15) is 18.7 Å². The van der Waals surface area contributed by atoms with Crippen molar-refractivity contribution >= 4 is 0 Å². The van der Waals surface area contributed by atoms with E-state index in [1.54, 1.807) is 0 Å². The Labute approximate surface area is 84.7 Å². The van der Waals surface area contributed by atoms with Gasteiger partial charge in [-0.25, -0.2) is 4.98 Å². The minimum atomic E-state index is 0.531. The molecule has 4 heteroatoms. The van der Waals surface area contributed by atoms with Gasteiger partial charge in [0, 0.05) is 25.0 Å². The summed E-state index contributed by atoms with van der Waals surface area (Å²) in [6, 6.07) is 0.662. The van der Waals surface area contributed by atoms with Gasteiger partial charge in [0.15, 0.2) is 0 Å². The molecule has 78 valence electrons. The van der Waals surface area contributed by atoms with Crippen molar-refractivity contribution in [3.63, 3.8) is 0 Å². The molecule has 2 N–H and O–H groups in total. The Morgan fingerprint density at radius 3 is 3.14 bits per heavy atom. The normalized spacial score (nSPS) is 23.1. The maximum absolute atomic E-state index is 5.61. The van der Waals surface area contributed by atoms with E-state index in [2.05, 4.69) is 21.5 Å². The third-order valence-electron chi connectivity index (χ3n) is 3.06. The van der Waals surface area contributed by atoms with Crippen molar-refractivity contribution in [1.29, 1.82) is 0 Å². The van der Waals surface area contributed by atoms with Crippen LogP contribution in [0.4, 0.5) is 0 Å². The Morgan fingerprint density at radius 2 is 2.50 bits per heavy atom. The fraction of sp³-hybridized carbons (Fsp3) is 0.700. The van der Waals surface area contributed by atoms with Crippen LogP contribution in [0.5, 0.6) is 0 Å². The molecule has 1 aliphatic heterocycles. The van der Waals surface area contributed by atoms with E-state index in [1.807, 2.05) is 12.4 Å². The van der Waals surface area contributed by atoms with Crippen LogP contribution in [-0.2, 0) is 13.1 Å². The van der Waals surface area contributed by atoms with Gasteiger partial charge in [0.1, 0.15) is 5.82 Å². The maximum Gasteiger partial charge on any atom is 0.122 e. The molecule has 1 saturated heterocycles. The van der Waals surface area contributed by atoms with Crippen molar-refractivity contribution in [3.8, 4) is 0 Å². The van der Waals surface area contributed by atoms with Gasteiger partial charge in [-0.2, -0.15) is 0 Å². The number of hydrogen-bond donors (Lipinski definition) is 1. The smallest absolute Gasteiger partial charge is 0.122 e. The van der Waals surface area contributed by atoms with Gasteiger partial charge in [-0.15, -0.1) is 0 Å². The summed E-state index contributed by atoms with van der Waals surface area (Å²) in [5.41, 5.74) is 5.61. The summed E-state index contributed by atoms with van der Waals surface area (Å²) in [4.78, 5) is 6.64. The molecule has 1 atom stereocenters. The van der Waals surface area contributed by atoms with Gasteiger partial charge < -0.3 is 15.2 Å². The highest BCUT2D eigenvalue weighted by Gasteiger charge is 2.21. The summed E-state index contributed by atoms with van der Waals surface area (Å²) in [5.74, 6) is 0.991. The summed E-state index contributed by atoms with van der Waals surface area (Å²) in [7, 11) is 2.19. The quantitative estimate of drug-likeness (QED) is 0.759. The first-order chi connectivity index (χ1) is 6.81. The third-order valence-corrected chi connectivity index (χ3v) is 3.06. The van der Waals surface area contributed by atoms with Gasteiger partial charge in [-0.1, -0.05) is 0 Å². The van der Waals surface area contributed by atoms with E-state index < -0.39 is 0 Å². The summed E-state index contributed by atoms with van der Waals surface area (Å²) in [6.07, 6.45) is 6.46. The van der Waals surface area contributed by atoms with E-state index in [4.69, 9.17) is 5.73 Å². The molecule has 4 nitrogen and oxygen atoms in total. The summed E-state index contributed by atoms with van der Waals surface area (Å²) in [5, 5.41) is 0. The van der Waals surface area contributed by atoms with Gasteiger partial charge in [-0.3, -0.25) is 0 Å². The topological polar surface area (TPSA) is 47.1 Å². The molecule has 0 aromatic carbocycles. The van der Waals surface area contributed by atoms with Crippen LogP contribution in [0.2, 0.25) is 0 Å². The van der Waals surface area contributed by atoms with Crippen LogP contribution < -0.4 is 5.73 Å². The molecule has 1 fully saturated rings. The zero-order valence-corrected chi connectivity index (χ0v) is 8.69. The van der Waals surface area contributed by atoms with Gasteiger partial charge in [-0.05, 0) is 26.4 Å². The van der Waals surface area contributed by atoms with Crippen molar-refractivity contribution in [2.75, 3.05) is 13.6 Å². The Bertz CT molecular complexity index is 294. The second-order valence-electron chi connectivity index (χ2n) is 3.98. The van der Waals surface area contributed by atoms with Gasteiger partial charge >= 0.3 is 0 Å². The van der Waals surface area contributed by atoms with Crippen LogP contribution in [0.15, 0.2) is 12.4 Å². The SMILES string of the molecule is CN1CCC[C@@H]1Cn1ccnc1CN. The lowest BCUT2D eigenvalue weighted by Crippen LogP contribution is -2.30. The Hall–Kier alpha value is -0.870. The first-order valence-corrected chi connectivity index (χ1v) is 5.21. The molecule has 1 aromatic heterocycles. The first-order valence-electron chi connectivity index (χ1n) is 5.21. The van der Waals surface area contributed by atoms with Crippen molar-refractivity contribution in [1.82, 2.24) is 14.5 Å². The molecule has 0 radical (unpaired) electrons. The average Bonchev–Trinajstić information content (AvgIpc) is 2.77. The van der Waals surface area contributed by atoms with Crippen molar-refractivity contribution in [2.24, 2.45) is 5.73 Å². The van der Waals surface area contributed by atoms with Gasteiger partial charge in [0.25, 0.3) is 0 Å². The molecule has 2 heterocycles. The highest BCUT2D eigenvalue weighted by molar-refractivity contribution is 4.93. The minimum Gasteiger partial charge on any atom is -0.332 e. The summed E-state index contributed by atoms with van der Waals surface area (Å²) in [6.45, 7) is 2.78. The molecule has 0 unspecified atom stereocenters. The zero-order valence-electron chi connectivity index (χ0n) is 8.69. The zero-order chi connectivity index (χ0) is 9.97. The van der Waals surface area contributed by atoms with E-state index in [9.17, 15) is 0 Å². The Morgan fingerprint density at radius 1 is 1.64 bits per heavy atom. The minimum absolute atomic E-state index is 0.531. The van der Waals surface area contributed by atoms with Crippen molar-refractivity contribution in [2.45, 2.75) is 32.0 Å². The van der Waals surface area contributed by atoms with E-state index in [-0.39, 0.29) is 0 Å². The molecule has 2 rings (SSSR count). The van der Waals surface area contributed by atoms with Crippen LogP contribution in [0.25, 0.3) is 0 Å². The van der Waals surface area contributed by atoms with Gasteiger partial charge in [0.05, 0.1) is 6.54 Å². The van der Waals surface area contributed by atoms with Crippen LogP contribution in [0.3, 0.4) is 0 Å². The van der Waals surface area contributed by atoms with Crippen LogP contribution in [-0.4, -0.2) is 34.1 Å². The number of likely N-dealkylation sites (N-methyl/N-ethyl adjacent to an activating group) is 1. The lowest BCUT2D eigenvalue weighted by Gasteiger charge is -2.20. The molecule has 0 aliphatic carbocycles. The summed E-state index contributed by atoms with van der Waals surface area (Å²) < 4.78 is 2.17. The van der Waals surface area contributed by atoms with E-state index in [0.29, 0.717) is 12.6 Å². The Balaban J connectivity index is 2.02. The van der Waals surface area contributed by atoms with Gasteiger partial charge in [0.2, 0.25) is 0 Å². The van der Waals surface area contributed by atoms with Crippen LogP contribution in [0, 0.1) is 0 Å². The second-order valence-corrected chi connectivity index (χ2v) is 3.98. The maximum atomic E-state index is 5.61. The molecule has 14 heavy (non-hydrogen) atoms. The monoisotopic (exact) mass is 194 g/mol. The highest BCUT2D eigenvalue weighted by atomic mass is 15.2. The summed E-state index contributed by atoms with van der Waals surface area (Å²) >= 11 is 0. The number of hydrogen-bond acceptors (Lipinski definition) is 3. The molecule has 0 saturated carbocycles. The number of nitrogens with zero attached hydrogens (tertiary/aromatic N) is 3. The fourth-order valence-electron chi connectivity index (χ4n) is 2.13. The molecule has 0 spiro atoms. The Kier molecular flexibility index (Phi) is 2.84. The molecule has 0 amide bonds. The first kappa shape index (κ1) is 9.68. The molecule has 0 bridgehead atoms. The van der Waals surface area contributed by atoms with E-state index >= 15 is 0 Å². The van der Waals surface area contributed by atoms with Crippen molar-refractivity contribution in [3.05, 3.63) is 18.2 Å². The van der Waals surface area contributed by atoms with Crippen molar-refractivity contribution < 1.29 is 0 Å². The fourth-order valence-corrected chi connectivity index (χ4v) is 2.13. The van der Waals surface area contributed by atoms with E-state index in [1.165, 1.54) is 19.4 Å². The third kappa shape index (κ3) is 1.81. The standard InChI is InChI=1S/C10H18N4/c1-13-5-2-3-9(13)8-14-6-4-12-10(14)7-11/h4,6,9H,2-3,5,7-8,11H2,1H3/t9-/m1/s1. The number of likely N-dealkylation sites (tertiary alicyclic amines) is 1. The largest absolute Gasteiger partial charge is 0.332 e. The number of rotatable bonds is 3. The van der Waals surface area contributed by atoms with Crippen LogP contribution >= 0.6 is 0 Å². The predicted molar refractivity (Wildman–Crippen MR) is 55.8 cm³/mol. The predicted octanol–water partition coefficient (Wildman–Crippen LogP) is 0.436. The lowest BCUT2D eigenvalue weighted by molar-refractivity contribution is 0.280. The van der Waals surface area contributed by atoms with E-state index in [0.717, 1.165) is 12.4 Å². The molecular weight excluding hydrogens is 176 g/mol. The molecule has 1 aromatic rings. The number of imidazole rings is 1. The lowest BCUT2D eigenvalue weighted by atomic mass is 10.2. The number of nitrogens with two attached hydrogens (primary N) is 1. The number of aromatic nitrogens is 2. The molecule has 1 aliphatic rings. The second kappa shape index (κ2) is 4.11.